The molecule has 0 saturated carbocycles. The van der Waals surface area contributed by atoms with Crippen LogP contribution in [-0.2, 0) is 17.6 Å². The molecule has 0 atom stereocenters. The van der Waals surface area contributed by atoms with Crippen LogP contribution in [0.1, 0.15) is 89.8 Å². The van der Waals surface area contributed by atoms with E-state index in [0.29, 0.717) is 24.0 Å². The van der Waals surface area contributed by atoms with Gasteiger partial charge in [0, 0.05) is 12.8 Å². The van der Waals surface area contributed by atoms with Crippen LogP contribution in [-0.4, -0.2) is 5.78 Å². The van der Waals surface area contributed by atoms with Gasteiger partial charge in [0.1, 0.15) is 5.78 Å². The van der Waals surface area contributed by atoms with Crippen molar-refractivity contribution < 1.29 is 4.79 Å². The molecular formula is C22H36O. The molecule has 0 radical (unpaired) electrons. The molecule has 0 aliphatic heterocycles. The second kappa shape index (κ2) is 9.90. The van der Waals surface area contributed by atoms with E-state index in [0.717, 1.165) is 31.6 Å². The number of hydrogen-bond donors (Lipinski definition) is 0. The molecule has 0 aliphatic carbocycles. The summed E-state index contributed by atoms with van der Waals surface area (Å²) in [6.07, 6.45) is 5.74. The Labute approximate surface area is 143 Å². The summed E-state index contributed by atoms with van der Waals surface area (Å²) in [6.45, 7) is 13.4. The fraction of sp³-hybridized carbons (Fsp3) is 0.682. The van der Waals surface area contributed by atoms with Gasteiger partial charge in [-0.3, -0.25) is 4.79 Å². The van der Waals surface area contributed by atoms with Gasteiger partial charge in [0.15, 0.2) is 0 Å². The molecule has 0 fully saturated rings. The maximum Gasteiger partial charge on any atom is 0.133 e. The highest BCUT2D eigenvalue weighted by Gasteiger charge is 2.11. The van der Waals surface area contributed by atoms with Gasteiger partial charge in [-0.25, -0.2) is 0 Å². The predicted molar refractivity (Wildman–Crippen MR) is 101 cm³/mol. The summed E-state index contributed by atoms with van der Waals surface area (Å²) < 4.78 is 0. The van der Waals surface area contributed by atoms with Crippen molar-refractivity contribution in [3.05, 3.63) is 34.9 Å². The summed E-state index contributed by atoms with van der Waals surface area (Å²) in [5, 5.41) is 0. The lowest BCUT2D eigenvalue weighted by Gasteiger charge is -2.15. The van der Waals surface area contributed by atoms with E-state index in [9.17, 15) is 4.79 Å². The second-order valence-electron chi connectivity index (χ2n) is 8.09. The van der Waals surface area contributed by atoms with Crippen LogP contribution in [0.3, 0.4) is 0 Å². The number of carbonyl (C=O) groups excluding carboxylic acids is 1. The molecule has 0 bridgehead atoms. The third kappa shape index (κ3) is 7.81. The molecule has 0 N–H and O–H groups in total. The zero-order valence-electron chi connectivity index (χ0n) is 16.1. The Balaban J connectivity index is 2.68. The third-order valence-electron chi connectivity index (χ3n) is 4.52. The Kier molecular flexibility index (Phi) is 8.58. The number of benzene rings is 1. The molecule has 0 unspecified atom stereocenters. The second-order valence-corrected chi connectivity index (χ2v) is 8.09. The Hall–Kier alpha value is -1.11. The molecule has 130 valence electrons. The van der Waals surface area contributed by atoms with Crippen LogP contribution in [0.5, 0.6) is 0 Å². The third-order valence-corrected chi connectivity index (χ3v) is 4.52. The minimum Gasteiger partial charge on any atom is -0.300 e. The lowest BCUT2D eigenvalue weighted by atomic mass is 9.90. The number of rotatable bonds is 10. The first-order valence-electron chi connectivity index (χ1n) is 9.43. The van der Waals surface area contributed by atoms with Crippen LogP contribution in [0.4, 0.5) is 0 Å². The van der Waals surface area contributed by atoms with Crippen molar-refractivity contribution in [3.63, 3.8) is 0 Å². The van der Waals surface area contributed by atoms with Crippen molar-refractivity contribution in [2.75, 3.05) is 0 Å². The first-order valence-corrected chi connectivity index (χ1v) is 9.43. The number of hydrogen-bond acceptors (Lipinski definition) is 1. The molecule has 23 heavy (non-hydrogen) atoms. The number of Topliss-reactive ketones (excluding diaryl/α,β-unsaturated/α-hetero) is 1. The lowest BCUT2D eigenvalue weighted by Crippen LogP contribution is -2.05. The molecule has 0 spiro atoms. The number of aryl methyl sites for hydroxylation is 2. The molecular weight excluding hydrogens is 280 g/mol. The van der Waals surface area contributed by atoms with Crippen molar-refractivity contribution in [1.82, 2.24) is 0 Å². The molecule has 0 heterocycles. The van der Waals surface area contributed by atoms with Crippen LogP contribution in [0.25, 0.3) is 0 Å². The fourth-order valence-corrected chi connectivity index (χ4v) is 2.87. The van der Waals surface area contributed by atoms with Crippen LogP contribution >= 0.6 is 0 Å². The van der Waals surface area contributed by atoms with Gasteiger partial charge in [0.2, 0.25) is 0 Å². The topological polar surface area (TPSA) is 17.1 Å². The predicted octanol–water partition coefficient (Wildman–Crippen LogP) is 6.34. The van der Waals surface area contributed by atoms with E-state index in [-0.39, 0.29) is 0 Å². The molecule has 0 amide bonds. The van der Waals surface area contributed by atoms with Gasteiger partial charge in [0.05, 0.1) is 0 Å². The van der Waals surface area contributed by atoms with Gasteiger partial charge in [-0.2, -0.15) is 0 Å². The Morgan fingerprint density at radius 2 is 1.52 bits per heavy atom. The molecule has 1 rings (SSSR count). The van der Waals surface area contributed by atoms with Gasteiger partial charge in [-0.05, 0) is 60.1 Å². The average Bonchev–Trinajstić information content (AvgIpc) is 2.48. The molecule has 0 saturated heterocycles. The van der Waals surface area contributed by atoms with E-state index in [1.165, 1.54) is 23.1 Å². The zero-order chi connectivity index (χ0) is 17.4. The van der Waals surface area contributed by atoms with E-state index in [4.69, 9.17) is 0 Å². The van der Waals surface area contributed by atoms with Gasteiger partial charge in [-0.15, -0.1) is 0 Å². The summed E-state index contributed by atoms with van der Waals surface area (Å²) in [7, 11) is 0. The van der Waals surface area contributed by atoms with Crippen molar-refractivity contribution in [2.24, 2.45) is 11.8 Å². The van der Waals surface area contributed by atoms with Gasteiger partial charge < -0.3 is 0 Å². The summed E-state index contributed by atoms with van der Waals surface area (Å²) in [5.74, 6) is 2.30. The largest absolute Gasteiger partial charge is 0.300 e. The first-order chi connectivity index (χ1) is 10.8. The fourth-order valence-electron chi connectivity index (χ4n) is 2.87. The molecule has 1 nitrogen and oxygen atoms in total. The van der Waals surface area contributed by atoms with Crippen LogP contribution in [0.2, 0.25) is 0 Å². The minimum atomic E-state index is 0.414. The van der Waals surface area contributed by atoms with E-state index in [2.05, 4.69) is 59.7 Å². The van der Waals surface area contributed by atoms with Gasteiger partial charge in [-0.1, -0.05) is 59.7 Å². The maximum atomic E-state index is 12.0. The molecule has 1 aromatic carbocycles. The quantitative estimate of drug-likeness (QED) is 0.492. The summed E-state index contributed by atoms with van der Waals surface area (Å²) in [4.78, 5) is 12.0. The molecule has 0 aromatic heterocycles. The Morgan fingerprint density at radius 1 is 0.870 bits per heavy atom. The Morgan fingerprint density at radius 3 is 2.09 bits per heavy atom. The molecule has 1 heteroatoms. The monoisotopic (exact) mass is 316 g/mol. The first kappa shape index (κ1) is 19.9. The normalized spacial score (nSPS) is 11.7. The highest BCUT2D eigenvalue weighted by molar-refractivity contribution is 5.78. The van der Waals surface area contributed by atoms with Gasteiger partial charge in [0.25, 0.3) is 0 Å². The standard InChI is InChI=1S/C22H36O/c1-16(2)7-9-19-10-11-20(22(15-19)18(5)6)12-14-21(23)13-8-17(3)4/h10-11,15-18H,7-9,12-14H2,1-6H3. The van der Waals surface area contributed by atoms with E-state index < -0.39 is 0 Å². The van der Waals surface area contributed by atoms with E-state index in [1.54, 1.807) is 0 Å². The van der Waals surface area contributed by atoms with E-state index in [1.807, 2.05) is 0 Å². The van der Waals surface area contributed by atoms with Crippen LogP contribution in [0.15, 0.2) is 18.2 Å². The zero-order valence-corrected chi connectivity index (χ0v) is 16.1. The van der Waals surface area contributed by atoms with Crippen LogP contribution < -0.4 is 0 Å². The van der Waals surface area contributed by atoms with Crippen molar-refractivity contribution >= 4 is 5.78 Å². The number of carbonyl (C=O) groups is 1. The SMILES string of the molecule is CC(C)CCC(=O)CCc1ccc(CCC(C)C)cc1C(C)C. The van der Waals surface area contributed by atoms with E-state index >= 15 is 0 Å². The lowest BCUT2D eigenvalue weighted by molar-refractivity contribution is -0.119. The summed E-state index contributed by atoms with van der Waals surface area (Å²) in [5.41, 5.74) is 4.24. The van der Waals surface area contributed by atoms with Crippen molar-refractivity contribution in [3.8, 4) is 0 Å². The molecule has 0 aliphatic rings. The average molecular weight is 317 g/mol. The van der Waals surface area contributed by atoms with Crippen molar-refractivity contribution in [1.29, 1.82) is 0 Å². The number of ketones is 1. The smallest absolute Gasteiger partial charge is 0.133 e. The maximum absolute atomic E-state index is 12.0. The highest BCUT2D eigenvalue weighted by atomic mass is 16.1. The summed E-state index contributed by atoms with van der Waals surface area (Å²) >= 11 is 0. The van der Waals surface area contributed by atoms with Crippen molar-refractivity contribution in [2.45, 2.75) is 86.0 Å². The van der Waals surface area contributed by atoms with Crippen LogP contribution in [0, 0.1) is 11.8 Å². The van der Waals surface area contributed by atoms with Gasteiger partial charge >= 0.3 is 0 Å². The molecule has 1 aromatic rings. The highest BCUT2D eigenvalue weighted by Crippen LogP contribution is 2.24. The Bertz CT molecular complexity index is 483. The minimum absolute atomic E-state index is 0.414. The summed E-state index contributed by atoms with van der Waals surface area (Å²) in [6, 6.07) is 6.91.